The second-order valence-electron chi connectivity index (χ2n) is 11.0. The van der Waals surface area contributed by atoms with Crippen molar-refractivity contribution in [1.29, 1.82) is 0 Å². The van der Waals surface area contributed by atoms with Crippen molar-refractivity contribution in [3.63, 3.8) is 0 Å². The third-order valence-corrected chi connectivity index (χ3v) is 7.38. The summed E-state index contributed by atoms with van der Waals surface area (Å²) in [6.45, 7) is 9.65. The summed E-state index contributed by atoms with van der Waals surface area (Å²) in [6.07, 6.45) is 2.02. The van der Waals surface area contributed by atoms with Crippen LogP contribution in [0, 0.1) is 23.7 Å². The van der Waals surface area contributed by atoms with Gasteiger partial charge in [-0.1, -0.05) is 33.8 Å². The minimum Gasteiger partial charge on any atom is -0.493 e. The summed E-state index contributed by atoms with van der Waals surface area (Å²) in [4.78, 5) is 24.7. The van der Waals surface area contributed by atoms with Crippen LogP contribution in [0.4, 0.5) is 0 Å². The fourth-order valence-electron chi connectivity index (χ4n) is 4.77. The Kier molecular flexibility index (Phi) is 13.3. The van der Waals surface area contributed by atoms with Crippen LogP contribution in [-0.2, 0) is 25.5 Å². The number of aliphatic hydroxyl groups excluding tert-OH is 1. The van der Waals surface area contributed by atoms with Crippen LogP contribution in [0.25, 0.3) is 0 Å². The van der Waals surface area contributed by atoms with E-state index >= 15 is 0 Å². The Bertz CT molecular complexity index is 876. The van der Waals surface area contributed by atoms with Crippen molar-refractivity contribution in [3.8, 4) is 11.5 Å². The standard InChI is InChI=1S/C29H48N2O7/c1-18(2)21(14-20-8-9-26(36-6)27(15-20)37-12-7-11-35-5)16-23(30)25(32)17-22(19(3)4)28(33)31-24-10-13-38-29(24)34/h8-9,15,18-19,21-25,32H,7,10-14,16-17,30H2,1-6H3,(H,31,33)/t21-,22-,23-,24-,25-/m0/s1. The molecule has 9 heteroatoms. The van der Waals surface area contributed by atoms with E-state index in [4.69, 9.17) is 24.7 Å². The molecule has 0 aliphatic carbocycles. The van der Waals surface area contributed by atoms with Crippen LogP contribution in [0.1, 0.15) is 58.9 Å². The number of amides is 1. The minimum absolute atomic E-state index is 0.0169. The number of esters is 1. The molecule has 0 unspecified atom stereocenters. The molecule has 1 amide bonds. The van der Waals surface area contributed by atoms with Gasteiger partial charge in [0.15, 0.2) is 11.5 Å². The van der Waals surface area contributed by atoms with Crippen molar-refractivity contribution in [2.45, 2.75) is 78.0 Å². The third-order valence-electron chi connectivity index (χ3n) is 7.38. The molecule has 1 fully saturated rings. The number of carbonyl (C=O) groups is 2. The maximum absolute atomic E-state index is 12.9. The topological polar surface area (TPSA) is 129 Å². The first kappa shape index (κ1) is 31.9. The fourth-order valence-corrected chi connectivity index (χ4v) is 4.77. The van der Waals surface area contributed by atoms with E-state index in [0.717, 1.165) is 18.4 Å². The average molecular weight is 537 g/mol. The molecule has 2 rings (SSSR count). The van der Waals surface area contributed by atoms with Gasteiger partial charge in [0.2, 0.25) is 5.91 Å². The molecule has 5 atom stereocenters. The Labute approximate surface area is 227 Å². The highest BCUT2D eigenvalue weighted by Gasteiger charge is 2.34. The summed E-state index contributed by atoms with van der Waals surface area (Å²) in [6, 6.07) is 4.86. The lowest BCUT2D eigenvalue weighted by atomic mass is 9.80. The number of rotatable bonds is 17. The van der Waals surface area contributed by atoms with Gasteiger partial charge in [-0.2, -0.15) is 0 Å². The van der Waals surface area contributed by atoms with Gasteiger partial charge >= 0.3 is 5.97 Å². The van der Waals surface area contributed by atoms with E-state index < -0.39 is 30.1 Å². The number of nitrogens with two attached hydrogens (primary N) is 1. The number of aliphatic hydroxyl groups is 1. The second kappa shape index (κ2) is 15.9. The molecule has 216 valence electrons. The van der Waals surface area contributed by atoms with Gasteiger partial charge in [-0.15, -0.1) is 0 Å². The van der Waals surface area contributed by atoms with Gasteiger partial charge in [0.05, 0.1) is 26.4 Å². The van der Waals surface area contributed by atoms with Crippen molar-refractivity contribution in [2.75, 3.05) is 34.0 Å². The summed E-state index contributed by atoms with van der Waals surface area (Å²) < 4.78 is 21.4. The third kappa shape index (κ3) is 9.75. The lowest BCUT2D eigenvalue weighted by Gasteiger charge is -2.30. The SMILES string of the molecule is COCCCOc1cc(C[C@@H](C[C@H](N)[C@@H](O)C[C@H](C(=O)N[C@H]2CCOC2=O)C(C)C)C(C)C)ccc1OC. The normalized spacial score (nSPS) is 18.7. The predicted molar refractivity (Wildman–Crippen MR) is 146 cm³/mol. The Balaban J connectivity index is 2.02. The summed E-state index contributed by atoms with van der Waals surface area (Å²) in [7, 11) is 3.29. The first-order valence-corrected chi connectivity index (χ1v) is 13.8. The largest absolute Gasteiger partial charge is 0.493 e. The smallest absolute Gasteiger partial charge is 0.328 e. The van der Waals surface area contributed by atoms with Crippen molar-refractivity contribution in [1.82, 2.24) is 5.32 Å². The number of nitrogens with one attached hydrogen (secondary N) is 1. The van der Waals surface area contributed by atoms with Crippen LogP contribution < -0.4 is 20.5 Å². The molecule has 0 radical (unpaired) electrons. The number of cyclic esters (lactones) is 1. The molecule has 9 nitrogen and oxygen atoms in total. The van der Waals surface area contributed by atoms with E-state index in [0.29, 0.717) is 50.1 Å². The molecular weight excluding hydrogens is 488 g/mol. The zero-order valence-corrected chi connectivity index (χ0v) is 23.9. The molecule has 0 spiro atoms. The number of carbonyl (C=O) groups excluding carboxylic acids is 2. The Hall–Kier alpha value is -2.36. The van der Waals surface area contributed by atoms with Crippen molar-refractivity contribution >= 4 is 11.9 Å². The highest BCUT2D eigenvalue weighted by Crippen LogP contribution is 2.32. The van der Waals surface area contributed by atoms with Gasteiger partial charge < -0.3 is 35.1 Å². The molecule has 0 aromatic heterocycles. The van der Waals surface area contributed by atoms with Crippen LogP contribution >= 0.6 is 0 Å². The zero-order chi connectivity index (χ0) is 28.2. The molecule has 1 aliphatic heterocycles. The molecule has 1 aromatic carbocycles. The Morgan fingerprint density at radius 1 is 1.13 bits per heavy atom. The number of methoxy groups -OCH3 is 2. The number of hydrogen-bond acceptors (Lipinski definition) is 8. The zero-order valence-electron chi connectivity index (χ0n) is 23.9. The van der Waals surface area contributed by atoms with E-state index in [9.17, 15) is 14.7 Å². The minimum atomic E-state index is -0.847. The van der Waals surface area contributed by atoms with Crippen LogP contribution in [0.15, 0.2) is 18.2 Å². The molecule has 1 heterocycles. The molecule has 1 saturated heterocycles. The average Bonchev–Trinajstić information content (AvgIpc) is 3.28. The van der Waals surface area contributed by atoms with Gasteiger partial charge in [-0.05, 0) is 54.7 Å². The molecule has 1 aliphatic rings. The summed E-state index contributed by atoms with van der Waals surface area (Å²) in [5.41, 5.74) is 7.61. The van der Waals surface area contributed by atoms with Crippen molar-refractivity contribution in [2.24, 2.45) is 29.4 Å². The van der Waals surface area contributed by atoms with E-state index in [-0.39, 0.29) is 24.2 Å². The van der Waals surface area contributed by atoms with Gasteiger partial charge in [0.1, 0.15) is 6.04 Å². The first-order chi connectivity index (χ1) is 18.1. The van der Waals surface area contributed by atoms with E-state index in [1.165, 1.54) is 0 Å². The Morgan fingerprint density at radius 3 is 2.45 bits per heavy atom. The fraction of sp³-hybridized carbons (Fsp3) is 0.724. The lowest BCUT2D eigenvalue weighted by Crippen LogP contribution is -2.46. The molecule has 0 bridgehead atoms. The predicted octanol–water partition coefficient (Wildman–Crippen LogP) is 3.10. The van der Waals surface area contributed by atoms with Crippen LogP contribution in [0.3, 0.4) is 0 Å². The van der Waals surface area contributed by atoms with Crippen molar-refractivity contribution in [3.05, 3.63) is 23.8 Å². The highest BCUT2D eigenvalue weighted by molar-refractivity contribution is 5.86. The Morgan fingerprint density at radius 2 is 1.87 bits per heavy atom. The molecule has 1 aromatic rings. The van der Waals surface area contributed by atoms with Crippen LogP contribution in [0.2, 0.25) is 0 Å². The number of hydrogen-bond donors (Lipinski definition) is 3. The molecule has 0 saturated carbocycles. The van der Waals surface area contributed by atoms with Gasteiger partial charge in [-0.3, -0.25) is 4.79 Å². The number of benzene rings is 1. The van der Waals surface area contributed by atoms with E-state index in [2.05, 4.69) is 19.2 Å². The van der Waals surface area contributed by atoms with Gasteiger partial charge in [0, 0.05) is 38.5 Å². The summed E-state index contributed by atoms with van der Waals surface area (Å²) in [5, 5.41) is 13.8. The molecule has 4 N–H and O–H groups in total. The van der Waals surface area contributed by atoms with E-state index in [1.807, 2.05) is 32.0 Å². The second-order valence-corrected chi connectivity index (χ2v) is 11.0. The van der Waals surface area contributed by atoms with Crippen LogP contribution in [-0.4, -0.2) is 69.2 Å². The maximum Gasteiger partial charge on any atom is 0.328 e. The monoisotopic (exact) mass is 536 g/mol. The quantitative estimate of drug-likeness (QED) is 0.205. The maximum atomic E-state index is 12.9. The highest BCUT2D eigenvalue weighted by atomic mass is 16.5. The summed E-state index contributed by atoms with van der Waals surface area (Å²) in [5.74, 6) is 0.811. The van der Waals surface area contributed by atoms with Crippen LogP contribution in [0.5, 0.6) is 11.5 Å². The van der Waals surface area contributed by atoms with Gasteiger partial charge in [-0.25, -0.2) is 4.79 Å². The molecule has 38 heavy (non-hydrogen) atoms. The van der Waals surface area contributed by atoms with Gasteiger partial charge in [0.25, 0.3) is 0 Å². The first-order valence-electron chi connectivity index (χ1n) is 13.8. The summed E-state index contributed by atoms with van der Waals surface area (Å²) >= 11 is 0. The van der Waals surface area contributed by atoms with E-state index in [1.54, 1.807) is 14.2 Å². The molecular formula is C29H48N2O7. The van der Waals surface area contributed by atoms with Crippen molar-refractivity contribution < 1.29 is 33.6 Å². The lowest BCUT2D eigenvalue weighted by molar-refractivity contribution is -0.142. The number of ether oxygens (including phenoxy) is 4.